The molecule has 1 heterocycles. The average Bonchev–Trinajstić information content (AvgIpc) is 2.79. The number of aromatic nitrogens is 2. The number of aliphatic hydroxyl groups excluding tert-OH is 1. The van der Waals surface area contributed by atoms with Crippen molar-refractivity contribution in [2.75, 3.05) is 7.05 Å². The molecule has 3 aromatic rings. The molecule has 0 bridgehead atoms. The van der Waals surface area contributed by atoms with Crippen LogP contribution in [0.2, 0.25) is 0 Å². The van der Waals surface area contributed by atoms with Crippen LogP contribution in [0, 0.1) is 6.92 Å². The highest BCUT2D eigenvalue weighted by Crippen LogP contribution is 2.24. The number of rotatable bonds is 9. The summed E-state index contributed by atoms with van der Waals surface area (Å²) in [7, 11) is 1.52. The Morgan fingerprint density at radius 3 is 2.58 bits per heavy atom. The predicted octanol–water partition coefficient (Wildman–Crippen LogP) is 2.04. The molecule has 0 fully saturated rings. The topological polar surface area (TPSA) is 111 Å². The Morgan fingerprint density at radius 1 is 1.23 bits per heavy atom. The van der Waals surface area contributed by atoms with Crippen LogP contribution in [0.4, 0.5) is 0 Å². The van der Waals surface area contributed by atoms with E-state index in [1.54, 1.807) is 37.3 Å². The number of ether oxygens (including phenoxy) is 1. The minimum absolute atomic E-state index is 0.0349. The van der Waals surface area contributed by atoms with E-state index < -0.39 is 6.04 Å². The normalized spacial score (nSPS) is 11.8. The van der Waals surface area contributed by atoms with Gasteiger partial charge in [0.1, 0.15) is 29.9 Å². The summed E-state index contributed by atoms with van der Waals surface area (Å²) in [6, 6.07) is 11.7. The molecule has 0 aliphatic carbocycles. The number of hydrogen-bond donors (Lipinski definition) is 2. The van der Waals surface area contributed by atoms with E-state index in [-0.39, 0.29) is 42.9 Å². The fourth-order valence-corrected chi connectivity index (χ4v) is 3.40. The Labute approximate surface area is 179 Å². The van der Waals surface area contributed by atoms with Gasteiger partial charge in [0.25, 0.3) is 5.56 Å². The summed E-state index contributed by atoms with van der Waals surface area (Å²) in [5.41, 5.74) is 1.77. The van der Waals surface area contributed by atoms with Crippen molar-refractivity contribution in [3.63, 3.8) is 0 Å². The monoisotopic (exact) mass is 423 g/mol. The van der Waals surface area contributed by atoms with E-state index in [4.69, 9.17) is 9.84 Å². The first-order valence-corrected chi connectivity index (χ1v) is 9.97. The van der Waals surface area contributed by atoms with E-state index in [1.807, 2.05) is 12.1 Å². The van der Waals surface area contributed by atoms with Gasteiger partial charge in [-0.05, 0) is 36.6 Å². The highest BCUT2D eigenvalue weighted by atomic mass is 16.5. The van der Waals surface area contributed by atoms with E-state index in [2.05, 4.69) is 10.3 Å². The molecule has 1 unspecified atom stereocenters. The fraction of sp³-hybridized carbons (Fsp3) is 0.304. The van der Waals surface area contributed by atoms with Crippen LogP contribution in [0.5, 0.6) is 5.75 Å². The first kappa shape index (κ1) is 22.2. The molecule has 1 atom stereocenters. The van der Waals surface area contributed by atoms with E-state index >= 15 is 0 Å². The summed E-state index contributed by atoms with van der Waals surface area (Å²) in [6.07, 6.45) is 0.972. The predicted molar refractivity (Wildman–Crippen MR) is 116 cm³/mol. The number of carbonyl (C=O) groups is 2. The molecule has 3 rings (SSSR count). The Bertz CT molecular complexity index is 1140. The largest absolute Gasteiger partial charge is 0.488 e. The van der Waals surface area contributed by atoms with E-state index in [9.17, 15) is 14.4 Å². The van der Waals surface area contributed by atoms with Crippen LogP contribution < -0.4 is 15.6 Å². The van der Waals surface area contributed by atoms with Gasteiger partial charge in [-0.2, -0.15) is 0 Å². The number of nitrogens with one attached hydrogen (secondary N) is 1. The standard InChI is InChI=1S/C23H25N3O5/c1-15-25-19-4-3-5-20(31-14-17-8-6-16(12-27)7-9-17)22(19)23(30)26(15)18(13-28)10-11-21(29)24-2/h3-9,13,18,27H,10-12,14H2,1-2H3,(H,24,29). The lowest BCUT2D eigenvalue weighted by Gasteiger charge is -2.18. The van der Waals surface area contributed by atoms with Crippen LogP contribution in [0.15, 0.2) is 47.3 Å². The lowest BCUT2D eigenvalue weighted by atomic mass is 10.1. The maximum Gasteiger partial charge on any atom is 0.265 e. The summed E-state index contributed by atoms with van der Waals surface area (Å²) >= 11 is 0. The molecule has 0 spiro atoms. The number of aliphatic hydroxyl groups is 1. The minimum Gasteiger partial charge on any atom is -0.488 e. The molecule has 8 nitrogen and oxygen atoms in total. The number of nitrogens with zero attached hydrogens (tertiary/aromatic N) is 2. The third kappa shape index (κ3) is 4.97. The molecule has 0 saturated heterocycles. The van der Waals surface area contributed by atoms with Gasteiger partial charge in [-0.1, -0.05) is 30.3 Å². The lowest BCUT2D eigenvalue weighted by molar-refractivity contribution is -0.121. The summed E-state index contributed by atoms with van der Waals surface area (Å²) in [5, 5.41) is 12.0. The first-order valence-electron chi connectivity index (χ1n) is 9.97. The van der Waals surface area contributed by atoms with E-state index in [1.165, 1.54) is 11.6 Å². The first-order chi connectivity index (χ1) is 15.0. The second-order valence-electron chi connectivity index (χ2n) is 7.16. The molecule has 31 heavy (non-hydrogen) atoms. The van der Waals surface area contributed by atoms with Crippen LogP contribution >= 0.6 is 0 Å². The average molecular weight is 423 g/mol. The number of benzene rings is 2. The third-order valence-corrected chi connectivity index (χ3v) is 5.10. The Kier molecular flexibility index (Phi) is 7.15. The summed E-state index contributed by atoms with van der Waals surface area (Å²) < 4.78 is 7.24. The molecule has 1 amide bonds. The number of aldehydes is 1. The zero-order chi connectivity index (χ0) is 22.4. The quantitative estimate of drug-likeness (QED) is 0.510. The van der Waals surface area contributed by atoms with Crippen molar-refractivity contribution in [3.8, 4) is 5.75 Å². The Morgan fingerprint density at radius 2 is 1.94 bits per heavy atom. The molecule has 0 saturated carbocycles. The number of aryl methyl sites for hydroxylation is 1. The van der Waals surface area contributed by atoms with Crippen molar-refractivity contribution in [2.45, 2.75) is 39.0 Å². The van der Waals surface area contributed by atoms with Gasteiger partial charge in [0, 0.05) is 13.5 Å². The number of fused-ring (bicyclic) bond motifs is 1. The van der Waals surface area contributed by atoms with Crippen molar-refractivity contribution in [3.05, 3.63) is 69.8 Å². The van der Waals surface area contributed by atoms with Crippen LogP contribution in [0.3, 0.4) is 0 Å². The zero-order valence-corrected chi connectivity index (χ0v) is 17.5. The van der Waals surface area contributed by atoms with Crippen LogP contribution in [-0.2, 0) is 22.8 Å². The van der Waals surface area contributed by atoms with Gasteiger partial charge in [0.2, 0.25) is 5.91 Å². The SMILES string of the molecule is CNC(=O)CCC(C=O)n1c(C)nc2cccc(OCc3ccc(CO)cc3)c2c1=O. The fourth-order valence-electron chi connectivity index (χ4n) is 3.40. The number of amides is 1. The molecule has 2 N–H and O–H groups in total. The van der Waals surface area contributed by atoms with E-state index in [0.29, 0.717) is 23.4 Å². The zero-order valence-electron chi connectivity index (χ0n) is 17.5. The molecular weight excluding hydrogens is 398 g/mol. The summed E-state index contributed by atoms with van der Waals surface area (Å²) in [4.78, 5) is 41.1. The maximum absolute atomic E-state index is 13.3. The van der Waals surface area contributed by atoms with Crippen molar-refractivity contribution in [2.24, 2.45) is 0 Å². The maximum atomic E-state index is 13.3. The van der Waals surface area contributed by atoms with Gasteiger partial charge in [0.05, 0.1) is 18.2 Å². The molecule has 0 radical (unpaired) electrons. The van der Waals surface area contributed by atoms with Crippen molar-refractivity contribution < 1.29 is 19.4 Å². The van der Waals surface area contributed by atoms with Crippen molar-refractivity contribution >= 4 is 23.1 Å². The summed E-state index contributed by atoms with van der Waals surface area (Å²) in [5.74, 6) is 0.553. The van der Waals surface area contributed by atoms with Gasteiger partial charge in [-0.3, -0.25) is 14.2 Å². The van der Waals surface area contributed by atoms with Gasteiger partial charge < -0.3 is 20.0 Å². The molecule has 2 aromatic carbocycles. The second kappa shape index (κ2) is 9.99. The molecular formula is C23H25N3O5. The van der Waals surface area contributed by atoms with Crippen LogP contribution in [-0.4, -0.2) is 33.9 Å². The van der Waals surface area contributed by atoms with Gasteiger partial charge in [-0.15, -0.1) is 0 Å². The van der Waals surface area contributed by atoms with Crippen molar-refractivity contribution in [1.29, 1.82) is 0 Å². The molecule has 162 valence electrons. The van der Waals surface area contributed by atoms with Gasteiger partial charge in [0.15, 0.2) is 0 Å². The molecule has 0 aliphatic rings. The van der Waals surface area contributed by atoms with Crippen LogP contribution in [0.1, 0.15) is 35.8 Å². The molecule has 1 aromatic heterocycles. The minimum atomic E-state index is -0.805. The second-order valence-corrected chi connectivity index (χ2v) is 7.16. The number of carbonyl (C=O) groups excluding carboxylic acids is 2. The highest BCUT2D eigenvalue weighted by molar-refractivity contribution is 5.84. The smallest absolute Gasteiger partial charge is 0.265 e. The van der Waals surface area contributed by atoms with Crippen molar-refractivity contribution in [1.82, 2.24) is 14.9 Å². The Balaban J connectivity index is 1.96. The third-order valence-electron chi connectivity index (χ3n) is 5.10. The lowest BCUT2D eigenvalue weighted by Crippen LogP contribution is -2.30. The van der Waals surface area contributed by atoms with Gasteiger partial charge in [-0.25, -0.2) is 4.98 Å². The number of hydrogen-bond acceptors (Lipinski definition) is 6. The van der Waals surface area contributed by atoms with Gasteiger partial charge >= 0.3 is 0 Å². The molecule has 0 aliphatic heterocycles. The Hall–Kier alpha value is -3.52. The summed E-state index contributed by atoms with van der Waals surface area (Å²) in [6.45, 7) is 1.85. The highest BCUT2D eigenvalue weighted by Gasteiger charge is 2.20. The van der Waals surface area contributed by atoms with Crippen LogP contribution in [0.25, 0.3) is 10.9 Å². The molecule has 8 heteroatoms. The van der Waals surface area contributed by atoms with E-state index in [0.717, 1.165) is 11.1 Å².